The molecule has 1 aliphatic rings. The molecule has 3 rings (SSSR count). The molecule has 0 saturated carbocycles. The SMILES string of the molecule is CO[C@@H](C)c1noc(CCC(=O)N2CCc3c(Cl)cccc3C2)n1. The van der Waals surface area contributed by atoms with Gasteiger partial charge in [0.05, 0.1) is 0 Å². The Hall–Kier alpha value is -1.92. The van der Waals surface area contributed by atoms with E-state index >= 15 is 0 Å². The zero-order chi connectivity index (χ0) is 17.1. The number of benzene rings is 1. The third kappa shape index (κ3) is 3.60. The Bertz CT molecular complexity index is 732. The summed E-state index contributed by atoms with van der Waals surface area (Å²) in [5.74, 6) is 1.05. The lowest BCUT2D eigenvalue weighted by Gasteiger charge is -2.29. The highest BCUT2D eigenvalue weighted by atomic mass is 35.5. The number of aryl methyl sites for hydroxylation is 1. The van der Waals surface area contributed by atoms with E-state index in [4.69, 9.17) is 20.9 Å². The molecule has 1 amide bonds. The van der Waals surface area contributed by atoms with Crippen molar-refractivity contribution in [1.82, 2.24) is 15.0 Å². The molecule has 24 heavy (non-hydrogen) atoms. The predicted octanol–water partition coefficient (Wildman–Crippen LogP) is 2.95. The average Bonchev–Trinajstić information content (AvgIpc) is 3.08. The van der Waals surface area contributed by atoms with Crippen molar-refractivity contribution in [3.63, 3.8) is 0 Å². The summed E-state index contributed by atoms with van der Waals surface area (Å²) >= 11 is 6.21. The van der Waals surface area contributed by atoms with E-state index in [1.807, 2.05) is 30.0 Å². The summed E-state index contributed by atoms with van der Waals surface area (Å²) in [6.07, 6.45) is 1.35. The molecule has 6 nitrogen and oxygen atoms in total. The molecule has 1 atom stereocenters. The number of hydrogen-bond donors (Lipinski definition) is 0. The van der Waals surface area contributed by atoms with E-state index in [-0.39, 0.29) is 12.0 Å². The first-order valence-electron chi connectivity index (χ1n) is 7.97. The van der Waals surface area contributed by atoms with Gasteiger partial charge in [-0.05, 0) is 30.5 Å². The summed E-state index contributed by atoms with van der Waals surface area (Å²) in [5.41, 5.74) is 2.27. The highest BCUT2D eigenvalue weighted by molar-refractivity contribution is 6.31. The number of methoxy groups -OCH3 is 1. The zero-order valence-corrected chi connectivity index (χ0v) is 14.5. The fourth-order valence-electron chi connectivity index (χ4n) is 2.79. The summed E-state index contributed by atoms with van der Waals surface area (Å²) in [4.78, 5) is 18.6. The minimum atomic E-state index is -0.221. The van der Waals surface area contributed by atoms with Gasteiger partial charge in [-0.2, -0.15) is 4.98 Å². The molecule has 7 heteroatoms. The first-order valence-corrected chi connectivity index (χ1v) is 8.35. The van der Waals surface area contributed by atoms with Crippen LogP contribution in [0.15, 0.2) is 22.7 Å². The van der Waals surface area contributed by atoms with Crippen molar-refractivity contribution in [3.8, 4) is 0 Å². The Balaban J connectivity index is 1.57. The van der Waals surface area contributed by atoms with Gasteiger partial charge in [0.1, 0.15) is 6.10 Å². The summed E-state index contributed by atoms with van der Waals surface area (Å²) < 4.78 is 10.3. The van der Waals surface area contributed by atoms with Crippen LogP contribution in [0.4, 0.5) is 0 Å². The monoisotopic (exact) mass is 349 g/mol. The number of ether oxygens (including phenoxy) is 1. The number of aromatic nitrogens is 2. The molecular formula is C17H20ClN3O3. The molecule has 1 aromatic carbocycles. The van der Waals surface area contributed by atoms with Gasteiger partial charge >= 0.3 is 0 Å². The Labute approximate surface area is 145 Å². The van der Waals surface area contributed by atoms with Gasteiger partial charge in [-0.25, -0.2) is 0 Å². The number of halogens is 1. The minimum absolute atomic E-state index is 0.0835. The van der Waals surface area contributed by atoms with Gasteiger partial charge in [-0.15, -0.1) is 0 Å². The zero-order valence-electron chi connectivity index (χ0n) is 13.8. The summed E-state index contributed by atoms with van der Waals surface area (Å²) in [6.45, 7) is 3.13. The van der Waals surface area contributed by atoms with Crippen LogP contribution in [0, 0.1) is 0 Å². The quantitative estimate of drug-likeness (QED) is 0.830. The number of carbonyl (C=O) groups is 1. The molecule has 0 spiro atoms. The van der Waals surface area contributed by atoms with Crippen molar-refractivity contribution < 1.29 is 14.1 Å². The highest BCUT2D eigenvalue weighted by Gasteiger charge is 2.22. The number of nitrogens with zero attached hydrogens (tertiary/aromatic N) is 3. The van der Waals surface area contributed by atoms with Crippen LogP contribution in [0.3, 0.4) is 0 Å². The summed E-state index contributed by atoms with van der Waals surface area (Å²) in [6, 6.07) is 5.84. The number of carbonyl (C=O) groups excluding carboxylic acids is 1. The van der Waals surface area contributed by atoms with Gasteiger partial charge in [0.15, 0.2) is 5.82 Å². The van der Waals surface area contributed by atoms with E-state index in [0.717, 1.165) is 22.6 Å². The van der Waals surface area contributed by atoms with Crippen LogP contribution in [-0.2, 0) is 28.9 Å². The van der Waals surface area contributed by atoms with Crippen molar-refractivity contribution in [1.29, 1.82) is 0 Å². The van der Waals surface area contributed by atoms with Gasteiger partial charge in [-0.1, -0.05) is 28.9 Å². The van der Waals surface area contributed by atoms with E-state index in [9.17, 15) is 4.79 Å². The Kier molecular flexibility index (Phi) is 5.16. The number of amides is 1. The normalized spacial score (nSPS) is 15.2. The van der Waals surface area contributed by atoms with Crippen molar-refractivity contribution >= 4 is 17.5 Å². The first-order chi connectivity index (χ1) is 11.6. The third-order valence-electron chi connectivity index (χ3n) is 4.32. The van der Waals surface area contributed by atoms with Crippen LogP contribution in [0.2, 0.25) is 5.02 Å². The number of hydrogen-bond acceptors (Lipinski definition) is 5. The molecule has 2 aromatic rings. The molecular weight excluding hydrogens is 330 g/mol. The van der Waals surface area contributed by atoms with E-state index in [1.54, 1.807) is 7.11 Å². The topological polar surface area (TPSA) is 68.5 Å². The Morgan fingerprint density at radius 3 is 3.12 bits per heavy atom. The fourth-order valence-corrected chi connectivity index (χ4v) is 3.08. The Morgan fingerprint density at radius 2 is 2.33 bits per heavy atom. The molecule has 0 fully saturated rings. The molecule has 1 aromatic heterocycles. The molecule has 2 heterocycles. The predicted molar refractivity (Wildman–Crippen MR) is 88.6 cm³/mol. The Morgan fingerprint density at radius 1 is 1.50 bits per heavy atom. The molecule has 0 N–H and O–H groups in total. The van der Waals surface area contributed by atoms with E-state index in [1.165, 1.54) is 0 Å². The van der Waals surface area contributed by atoms with E-state index in [0.29, 0.717) is 37.6 Å². The lowest BCUT2D eigenvalue weighted by Crippen LogP contribution is -2.36. The lowest BCUT2D eigenvalue weighted by molar-refractivity contribution is -0.132. The van der Waals surface area contributed by atoms with Gasteiger partial charge in [0.2, 0.25) is 11.8 Å². The van der Waals surface area contributed by atoms with Gasteiger partial charge in [-0.3, -0.25) is 4.79 Å². The van der Waals surface area contributed by atoms with Crippen LogP contribution in [0.5, 0.6) is 0 Å². The molecule has 0 saturated heterocycles. The van der Waals surface area contributed by atoms with Gasteiger partial charge in [0, 0.05) is 38.1 Å². The third-order valence-corrected chi connectivity index (χ3v) is 4.67. The standard InChI is InChI=1S/C17H20ClN3O3/c1-11(23-2)17-19-15(24-20-17)6-7-16(22)21-9-8-13-12(10-21)4-3-5-14(13)18/h3-5,11H,6-10H2,1-2H3/t11-/m0/s1. The van der Waals surface area contributed by atoms with Crippen LogP contribution in [-0.4, -0.2) is 34.6 Å². The largest absolute Gasteiger partial charge is 0.374 e. The van der Waals surface area contributed by atoms with Crippen LogP contribution in [0.25, 0.3) is 0 Å². The van der Waals surface area contributed by atoms with Crippen molar-refractivity contribution in [3.05, 3.63) is 46.1 Å². The molecule has 128 valence electrons. The molecule has 0 bridgehead atoms. The van der Waals surface area contributed by atoms with Crippen molar-refractivity contribution in [2.45, 2.75) is 38.8 Å². The molecule has 0 unspecified atom stereocenters. The highest BCUT2D eigenvalue weighted by Crippen LogP contribution is 2.26. The smallest absolute Gasteiger partial charge is 0.227 e. The second kappa shape index (κ2) is 7.32. The maximum Gasteiger partial charge on any atom is 0.227 e. The van der Waals surface area contributed by atoms with Crippen LogP contribution >= 0.6 is 11.6 Å². The number of rotatable bonds is 5. The van der Waals surface area contributed by atoms with Crippen molar-refractivity contribution in [2.24, 2.45) is 0 Å². The van der Waals surface area contributed by atoms with Crippen LogP contribution < -0.4 is 0 Å². The number of fused-ring (bicyclic) bond motifs is 1. The maximum atomic E-state index is 12.4. The first kappa shape index (κ1) is 16.9. The molecule has 0 aliphatic carbocycles. The second-order valence-corrected chi connectivity index (χ2v) is 6.27. The summed E-state index contributed by atoms with van der Waals surface area (Å²) in [7, 11) is 1.59. The van der Waals surface area contributed by atoms with E-state index in [2.05, 4.69) is 10.1 Å². The van der Waals surface area contributed by atoms with Crippen molar-refractivity contribution in [2.75, 3.05) is 13.7 Å². The van der Waals surface area contributed by atoms with Crippen LogP contribution in [0.1, 0.15) is 42.3 Å². The lowest BCUT2D eigenvalue weighted by atomic mass is 9.99. The summed E-state index contributed by atoms with van der Waals surface area (Å²) in [5, 5.41) is 4.65. The average molecular weight is 350 g/mol. The molecule has 1 aliphatic heterocycles. The molecule has 0 radical (unpaired) electrons. The van der Waals surface area contributed by atoms with Gasteiger partial charge < -0.3 is 14.2 Å². The van der Waals surface area contributed by atoms with Gasteiger partial charge in [0.25, 0.3) is 0 Å². The fraction of sp³-hybridized carbons (Fsp3) is 0.471. The second-order valence-electron chi connectivity index (χ2n) is 5.87. The minimum Gasteiger partial charge on any atom is -0.374 e. The van der Waals surface area contributed by atoms with E-state index < -0.39 is 0 Å². The maximum absolute atomic E-state index is 12.4.